The lowest BCUT2D eigenvalue weighted by molar-refractivity contribution is -0.121. The first kappa shape index (κ1) is 11.3. The zero-order valence-corrected chi connectivity index (χ0v) is 10.3. The summed E-state index contributed by atoms with van der Waals surface area (Å²) in [5.41, 5.74) is 2.02. The van der Waals surface area contributed by atoms with Gasteiger partial charge in [-0.2, -0.15) is 0 Å². The van der Waals surface area contributed by atoms with Crippen LogP contribution in [-0.4, -0.2) is 31.0 Å². The number of aromatic nitrogens is 1. The van der Waals surface area contributed by atoms with Gasteiger partial charge < -0.3 is 15.0 Å². The molecule has 2 heterocycles. The van der Waals surface area contributed by atoms with Gasteiger partial charge in [0.15, 0.2) is 0 Å². The molecular weight excluding hydrogens is 228 g/mol. The van der Waals surface area contributed by atoms with E-state index >= 15 is 0 Å². The van der Waals surface area contributed by atoms with E-state index in [1.807, 2.05) is 24.4 Å². The second-order valence-electron chi connectivity index (χ2n) is 4.63. The molecule has 0 radical (unpaired) electrons. The van der Waals surface area contributed by atoms with Crippen molar-refractivity contribution in [1.82, 2.24) is 10.3 Å². The highest BCUT2D eigenvalue weighted by Gasteiger charge is 2.26. The summed E-state index contributed by atoms with van der Waals surface area (Å²) in [6.45, 7) is 1.48. The van der Waals surface area contributed by atoms with Gasteiger partial charge in [0.05, 0.1) is 13.0 Å². The Morgan fingerprint density at radius 2 is 2.28 bits per heavy atom. The van der Waals surface area contributed by atoms with Crippen molar-refractivity contribution in [3.63, 3.8) is 0 Å². The maximum atomic E-state index is 12.0. The van der Waals surface area contributed by atoms with E-state index in [0.717, 1.165) is 28.8 Å². The number of hydrogen-bond donors (Lipinski definition) is 2. The summed E-state index contributed by atoms with van der Waals surface area (Å²) >= 11 is 0. The van der Waals surface area contributed by atoms with Gasteiger partial charge in [0.2, 0.25) is 0 Å². The van der Waals surface area contributed by atoms with Crippen molar-refractivity contribution < 1.29 is 9.53 Å². The molecule has 1 aromatic carbocycles. The summed E-state index contributed by atoms with van der Waals surface area (Å²) in [6, 6.07) is 6.02. The largest absolute Gasteiger partial charge is 0.496 e. The molecule has 2 N–H and O–H groups in total. The smallest absolute Gasteiger partial charge is 0.143 e. The van der Waals surface area contributed by atoms with Crippen molar-refractivity contribution in [2.24, 2.45) is 0 Å². The third kappa shape index (κ3) is 1.78. The number of methoxy groups -OCH3 is 1. The van der Waals surface area contributed by atoms with Gasteiger partial charge in [-0.25, -0.2) is 0 Å². The summed E-state index contributed by atoms with van der Waals surface area (Å²) in [7, 11) is 1.65. The lowest BCUT2D eigenvalue weighted by atomic mass is 9.89. The first-order chi connectivity index (χ1) is 8.79. The highest BCUT2D eigenvalue weighted by molar-refractivity contribution is 5.90. The summed E-state index contributed by atoms with van der Waals surface area (Å²) < 4.78 is 5.43. The van der Waals surface area contributed by atoms with E-state index in [-0.39, 0.29) is 11.7 Å². The summed E-state index contributed by atoms with van der Waals surface area (Å²) in [5.74, 6) is 0.989. The molecule has 4 heteroatoms. The molecule has 2 aromatic rings. The van der Waals surface area contributed by atoms with Crippen LogP contribution in [0.2, 0.25) is 0 Å². The lowest BCUT2D eigenvalue weighted by Gasteiger charge is -2.23. The first-order valence-corrected chi connectivity index (χ1v) is 6.18. The highest BCUT2D eigenvalue weighted by Crippen LogP contribution is 2.32. The fourth-order valence-corrected chi connectivity index (χ4v) is 2.57. The van der Waals surface area contributed by atoms with E-state index in [2.05, 4.69) is 10.3 Å². The number of aromatic amines is 1. The van der Waals surface area contributed by atoms with E-state index in [1.54, 1.807) is 7.11 Å². The predicted molar refractivity (Wildman–Crippen MR) is 70.1 cm³/mol. The Labute approximate surface area is 105 Å². The van der Waals surface area contributed by atoms with Gasteiger partial charge in [0.25, 0.3) is 0 Å². The van der Waals surface area contributed by atoms with Crippen molar-refractivity contribution in [3.05, 3.63) is 30.0 Å². The molecule has 1 saturated heterocycles. The average molecular weight is 244 g/mol. The monoisotopic (exact) mass is 244 g/mol. The standard InChI is InChI=1S/C14H16N2O2/c1-18-14-6-9-2-5-16-12(9)7-10(14)11-8-15-4-3-13(11)17/h2,5-7,11,15-16H,3-4,8H2,1H3. The number of piperidine rings is 1. The van der Waals surface area contributed by atoms with Gasteiger partial charge in [-0.05, 0) is 18.2 Å². The fourth-order valence-electron chi connectivity index (χ4n) is 2.57. The number of carbonyl (C=O) groups excluding carboxylic acids is 1. The Morgan fingerprint density at radius 1 is 1.39 bits per heavy atom. The van der Waals surface area contributed by atoms with Crippen LogP contribution in [0, 0.1) is 0 Å². The van der Waals surface area contributed by atoms with Gasteiger partial charge in [0, 0.05) is 42.2 Å². The Morgan fingerprint density at radius 3 is 3.06 bits per heavy atom. The summed E-state index contributed by atoms with van der Waals surface area (Å²) in [5, 5.41) is 4.37. The summed E-state index contributed by atoms with van der Waals surface area (Å²) in [4.78, 5) is 15.2. The number of Topliss-reactive ketones (excluding diaryl/α,β-unsaturated/α-hetero) is 1. The average Bonchev–Trinajstić information content (AvgIpc) is 2.85. The number of ether oxygens (including phenoxy) is 1. The summed E-state index contributed by atoms with van der Waals surface area (Å²) in [6.07, 6.45) is 2.49. The van der Waals surface area contributed by atoms with Crippen molar-refractivity contribution in [2.45, 2.75) is 12.3 Å². The second-order valence-corrected chi connectivity index (χ2v) is 4.63. The van der Waals surface area contributed by atoms with Crippen LogP contribution in [-0.2, 0) is 4.79 Å². The highest BCUT2D eigenvalue weighted by atomic mass is 16.5. The Balaban J connectivity index is 2.10. The van der Waals surface area contributed by atoms with E-state index in [4.69, 9.17) is 4.74 Å². The quantitative estimate of drug-likeness (QED) is 0.847. The number of ketones is 1. The zero-order chi connectivity index (χ0) is 12.5. The molecule has 1 aromatic heterocycles. The minimum Gasteiger partial charge on any atom is -0.496 e. The molecule has 1 aliphatic heterocycles. The number of H-pyrrole nitrogens is 1. The molecule has 0 bridgehead atoms. The Kier molecular flexibility index (Phi) is 2.80. The maximum absolute atomic E-state index is 12.0. The predicted octanol–water partition coefficient (Wildman–Crippen LogP) is 1.82. The normalized spacial score (nSPS) is 20.3. The number of fused-ring (bicyclic) bond motifs is 1. The molecule has 4 nitrogen and oxygen atoms in total. The molecule has 0 saturated carbocycles. The van der Waals surface area contributed by atoms with Gasteiger partial charge in [-0.1, -0.05) is 0 Å². The van der Waals surface area contributed by atoms with Crippen molar-refractivity contribution in [3.8, 4) is 5.75 Å². The van der Waals surface area contributed by atoms with Crippen LogP contribution in [0.3, 0.4) is 0 Å². The van der Waals surface area contributed by atoms with Crippen LogP contribution in [0.1, 0.15) is 17.9 Å². The van der Waals surface area contributed by atoms with Crippen molar-refractivity contribution in [1.29, 1.82) is 0 Å². The molecule has 1 unspecified atom stereocenters. The topological polar surface area (TPSA) is 54.1 Å². The van der Waals surface area contributed by atoms with Crippen molar-refractivity contribution in [2.75, 3.05) is 20.2 Å². The van der Waals surface area contributed by atoms with Crippen LogP contribution in [0.4, 0.5) is 0 Å². The van der Waals surface area contributed by atoms with E-state index in [0.29, 0.717) is 13.0 Å². The molecule has 1 fully saturated rings. The lowest BCUT2D eigenvalue weighted by Crippen LogP contribution is -2.35. The minimum atomic E-state index is -0.0959. The van der Waals surface area contributed by atoms with E-state index < -0.39 is 0 Å². The van der Waals surface area contributed by atoms with Gasteiger partial charge in [-0.15, -0.1) is 0 Å². The third-order valence-corrected chi connectivity index (χ3v) is 3.56. The van der Waals surface area contributed by atoms with Gasteiger partial charge in [0.1, 0.15) is 11.5 Å². The van der Waals surface area contributed by atoms with Crippen LogP contribution in [0.15, 0.2) is 24.4 Å². The van der Waals surface area contributed by atoms with E-state index in [9.17, 15) is 4.79 Å². The molecule has 1 atom stereocenters. The maximum Gasteiger partial charge on any atom is 0.143 e. The van der Waals surface area contributed by atoms with Crippen LogP contribution in [0.25, 0.3) is 10.9 Å². The zero-order valence-electron chi connectivity index (χ0n) is 10.3. The number of carbonyl (C=O) groups is 1. The fraction of sp³-hybridized carbons (Fsp3) is 0.357. The second kappa shape index (κ2) is 4.46. The first-order valence-electron chi connectivity index (χ1n) is 6.18. The number of benzene rings is 1. The number of nitrogens with one attached hydrogen (secondary N) is 2. The van der Waals surface area contributed by atoms with Crippen LogP contribution < -0.4 is 10.1 Å². The van der Waals surface area contributed by atoms with Gasteiger partial charge >= 0.3 is 0 Å². The van der Waals surface area contributed by atoms with Crippen LogP contribution in [0.5, 0.6) is 5.75 Å². The number of rotatable bonds is 2. The van der Waals surface area contributed by atoms with Crippen LogP contribution >= 0.6 is 0 Å². The molecular formula is C14H16N2O2. The molecule has 18 heavy (non-hydrogen) atoms. The molecule has 0 amide bonds. The molecule has 1 aliphatic rings. The Hall–Kier alpha value is -1.81. The van der Waals surface area contributed by atoms with Crippen molar-refractivity contribution >= 4 is 16.7 Å². The third-order valence-electron chi connectivity index (χ3n) is 3.56. The minimum absolute atomic E-state index is 0.0959. The van der Waals surface area contributed by atoms with Gasteiger partial charge in [-0.3, -0.25) is 4.79 Å². The SMILES string of the molecule is COc1cc2cc[nH]c2cc1C1CNCCC1=O. The molecule has 94 valence electrons. The number of hydrogen-bond acceptors (Lipinski definition) is 3. The molecule has 3 rings (SSSR count). The van der Waals surface area contributed by atoms with E-state index in [1.165, 1.54) is 0 Å². The molecule has 0 spiro atoms. The Bertz CT molecular complexity index is 588. The molecule has 0 aliphatic carbocycles.